The molecule has 1 aromatic rings. The fourth-order valence-corrected chi connectivity index (χ4v) is 1.34. The Bertz CT molecular complexity index is 505. The van der Waals surface area contributed by atoms with Gasteiger partial charge in [-0.25, -0.2) is 13.6 Å². The Morgan fingerprint density at radius 2 is 2.00 bits per heavy atom. The van der Waals surface area contributed by atoms with Crippen LogP contribution in [0.25, 0.3) is 0 Å². The topological polar surface area (TPSA) is 75.6 Å². The lowest BCUT2D eigenvalue weighted by atomic mass is 10.1. The first-order valence-electron chi connectivity index (χ1n) is 5.36. The van der Waals surface area contributed by atoms with E-state index in [1.54, 1.807) is 0 Å². The van der Waals surface area contributed by atoms with E-state index in [0.717, 1.165) is 13.2 Å². The van der Waals surface area contributed by atoms with Crippen LogP contribution in [0.2, 0.25) is 0 Å². The van der Waals surface area contributed by atoms with Crippen LogP contribution in [0.3, 0.4) is 0 Å². The second-order valence-corrected chi connectivity index (χ2v) is 3.83. The van der Waals surface area contributed by atoms with Gasteiger partial charge >= 0.3 is 5.97 Å². The Kier molecular flexibility index (Phi) is 4.94. The standard InChI is InChI=1S/C12H13F2NO4/c1-6-3-7(9(14)4-8(6)13)11(17)15-5-10(16)12(18)19-2/h3-4,10,16H,5H2,1-2H3,(H,15,17). The van der Waals surface area contributed by atoms with Gasteiger partial charge in [0.25, 0.3) is 5.91 Å². The Hall–Kier alpha value is -2.02. The van der Waals surface area contributed by atoms with Gasteiger partial charge in [0.15, 0.2) is 6.10 Å². The summed E-state index contributed by atoms with van der Waals surface area (Å²) in [4.78, 5) is 22.5. The van der Waals surface area contributed by atoms with Crippen molar-refractivity contribution in [3.05, 3.63) is 34.9 Å². The number of rotatable bonds is 4. The van der Waals surface area contributed by atoms with Gasteiger partial charge in [-0.1, -0.05) is 0 Å². The number of carbonyl (C=O) groups is 2. The molecule has 1 atom stereocenters. The van der Waals surface area contributed by atoms with Gasteiger partial charge in [-0.15, -0.1) is 0 Å². The summed E-state index contributed by atoms with van der Waals surface area (Å²) in [6.45, 7) is 0.955. The van der Waals surface area contributed by atoms with Crippen molar-refractivity contribution >= 4 is 11.9 Å². The molecule has 1 amide bonds. The maximum Gasteiger partial charge on any atom is 0.336 e. The number of nitrogens with one attached hydrogen (secondary N) is 1. The van der Waals surface area contributed by atoms with Gasteiger partial charge in [0.05, 0.1) is 19.2 Å². The molecule has 0 saturated carbocycles. The highest BCUT2D eigenvalue weighted by molar-refractivity contribution is 5.95. The van der Waals surface area contributed by atoms with Gasteiger partial charge in [0.2, 0.25) is 0 Å². The molecule has 0 aliphatic rings. The number of ether oxygens (including phenoxy) is 1. The number of benzene rings is 1. The minimum atomic E-state index is -1.54. The summed E-state index contributed by atoms with van der Waals surface area (Å²) >= 11 is 0. The first kappa shape index (κ1) is 15.0. The molecule has 0 aliphatic carbocycles. The number of esters is 1. The summed E-state index contributed by atoms with van der Waals surface area (Å²) < 4.78 is 30.6. The van der Waals surface area contributed by atoms with Gasteiger partial charge < -0.3 is 15.2 Å². The van der Waals surface area contributed by atoms with Gasteiger partial charge in [0, 0.05) is 6.07 Å². The monoisotopic (exact) mass is 273 g/mol. The van der Waals surface area contributed by atoms with E-state index in [2.05, 4.69) is 10.1 Å². The van der Waals surface area contributed by atoms with E-state index in [1.807, 2.05) is 0 Å². The Balaban J connectivity index is 2.74. The van der Waals surface area contributed by atoms with Crippen molar-refractivity contribution in [2.24, 2.45) is 0 Å². The van der Waals surface area contributed by atoms with Crippen LogP contribution >= 0.6 is 0 Å². The predicted octanol–water partition coefficient (Wildman–Crippen LogP) is 0.537. The molecule has 1 unspecified atom stereocenters. The van der Waals surface area contributed by atoms with E-state index in [9.17, 15) is 23.5 Å². The third kappa shape index (κ3) is 3.72. The number of hydrogen-bond acceptors (Lipinski definition) is 4. The van der Waals surface area contributed by atoms with Gasteiger partial charge in [-0.05, 0) is 18.6 Å². The summed E-state index contributed by atoms with van der Waals surface area (Å²) in [5.41, 5.74) is -0.254. The van der Waals surface area contributed by atoms with Crippen LogP contribution in [-0.2, 0) is 9.53 Å². The number of aliphatic hydroxyl groups is 1. The SMILES string of the molecule is COC(=O)C(O)CNC(=O)c1cc(C)c(F)cc1F. The van der Waals surface area contributed by atoms with Crippen LogP contribution < -0.4 is 5.32 Å². The van der Waals surface area contributed by atoms with Crippen molar-refractivity contribution in [1.29, 1.82) is 0 Å². The normalized spacial score (nSPS) is 11.8. The average Bonchev–Trinajstić information content (AvgIpc) is 2.38. The second kappa shape index (κ2) is 6.24. The van der Waals surface area contributed by atoms with Crippen LogP contribution in [0.5, 0.6) is 0 Å². The number of aryl methyl sites for hydroxylation is 1. The van der Waals surface area contributed by atoms with E-state index in [-0.39, 0.29) is 11.1 Å². The molecule has 1 aromatic carbocycles. The largest absolute Gasteiger partial charge is 0.467 e. The second-order valence-electron chi connectivity index (χ2n) is 3.83. The molecule has 1 rings (SSSR count). The lowest BCUT2D eigenvalue weighted by Gasteiger charge is -2.10. The van der Waals surface area contributed by atoms with Gasteiger partial charge in [-0.3, -0.25) is 4.79 Å². The van der Waals surface area contributed by atoms with E-state index in [0.29, 0.717) is 6.07 Å². The maximum absolute atomic E-state index is 13.4. The summed E-state index contributed by atoms with van der Waals surface area (Å²) in [5, 5.41) is 11.4. The molecule has 19 heavy (non-hydrogen) atoms. The van der Waals surface area contributed by atoms with Gasteiger partial charge in [0.1, 0.15) is 11.6 Å². The smallest absolute Gasteiger partial charge is 0.336 e. The molecule has 0 aromatic heterocycles. The van der Waals surface area contributed by atoms with Crippen LogP contribution in [-0.4, -0.2) is 36.7 Å². The fraction of sp³-hybridized carbons (Fsp3) is 0.333. The number of methoxy groups -OCH3 is 1. The number of amides is 1. The number of hydrogen-bond donors (Lipinski definition) is 2. The minimum absolute atomic E-state index is 0.111. The van der Waals surface area contributed by atoms with Crippen molar-refractivity contribution in [1.82, 2.24) is 5.32 Å². The minimum Gasteiger partial charge on any atom is -0.467 e. The first-order valence-corrected chi connectivity index (χ1v) is 5.36. The Morgan fingerprint density at radius 3 is 2.58 bits per heavy atom. The maximum atomic E-state index is 13.4. The van der Waals surface area contributed by atoms with E-state index >= 15 is 0 Å². The quantitative estimate of drug-likeness (QED) is 0.785. The molecule has 7 heteroatoms. The molecular weight excluding hydrogens is 260 g/mol. The molecule has 0 radical (unpaired) electrons. The van der Waals surface area contributed by atoms with Crippen molar-refractivity contribution in [2.45, 2.75) is 13.0 Å². The Labute approximate surface area is 108 Å². The Morgan fingerprint density at radius 1 is 1.37 bits per heavy atom. The van der Waals surface area contributed by atoms with Crippen LogP contribution in [0.4, 0.5) is 8.78 Å². The zero-order valence-electron chi connectivity index (χ0n) is 10.4. The average molecular weight is 273 g/mol. The van der Waals surface area contributed by atoms with Gasteiger partial charge in [-0.2, -0.15) is 0 Å². The zero-order valence-corrected chi connectivity index (χ0v) is 10.4. The van der Waals surface area contributed by atoms with Crippen LogP contribution in [0.15, 0.2) is 12.1 Å². The van der Waals surface area contributed by atoms with Crippen molar-refractivity contribution in [3.63, 3.8) is 0 Å². The summed E-state index contributed by atoms with van der Waals surface area (Å²) in [7, 11) is 1.08. The van der Waals surface area contributed by atoms with Crippen molar-refractivity contribution in [3.8, 4) is 0 Å². The van der Waals surface area contributed by atoms with E-state index in [4.69, 9.17) is 0 Å². The molecular formula is C12H13F2NO4. The van der Waals surface area contributed by atoms with Crippen LogP contribution in [0, 0.1) is 18.6 Å². The highest BCUT2D eigenvalue weighted by Crippen LogP contribution is 2.14. The van der Waals surface area contributed by atoms with Crippen molar-refractivity contribution < 1.29 is 28.2 Å². The number of aliphatic hydroxyl groups excluding tert-OH is 1. The van der Waals surface area contributed by atoms with Crippen LogP contribution in [0.1, 0.15) is 15.9 Å². The molecule has 104 valence electrons. The summed E-state index contributed by atoms with van der Waals surface area (Å²) in [6.07, 6.45) is -1.54. The molecule has 0 spiro atoms. The first-order chi connectivity index (χ1) is 8.86. The predicted molar refractivity (Wildman–Crippen MR) is 61.5 cm³/mol. The zero-order chi connectivity index (χ0) is 14.6. The van der Waals surface area contributed by atoms with E-state index in [1.165, 1.54) is 6.92 Å². The molecule has 0 heterocycles. The molecule has 2 N–H and O–H groups in total. The van der Waals surface area contributed by atoms with E-state index < -0.39 is 36.2 Å². The highest BCUT2D eigenvalue weighted by Gasteiger charge is 2.19. The highest BCUT2D eigenvalue weighted by atomic mass is 19.1. The third-order valence-electron chi connectivity index (χ3n) is 2.42. The van der Waals surface area contributed by atoms with Crippen molar-refractivity contribution in [2.75, 3.05) is 13.7 Å². The third-order valence-corrected chi connectivity index (χ3v) is 2.42. The summed E-state index contributed by atoms with van der Waals surface area (Å²) in [5.74, 6) is -3.56. The molecule has 0 saturated heterocycles. The number of halogens is 2. The molecule has 0 fully saturated rings. The molecule has 0 aliphatic heterocycles. The summed E-state index contributed by atoms with van der Waals surface area (Å²) in [6, 6.07) is 1.64. The fourth-order valence-electron chi connectivity index (χ4n) is 1.34. The molecule has 5 nitrogen and oxygen atoms in total. The molecule has 0 bridgehead atoms. The lowest BCUT2D eigenvalue weighted by molar-refractivity contribution is -0.149. The number of carbonyl (C=O) groups excluding carboxylic acids is 2. The lowest BCUT2D eigenvalue weighted by Crippen LogP contribution is -2.37.